The third kappa shape index (κ3) is 3.18. The molecule has 1 aromatic rings. The van der Waals surface area contributed by atoms with Crippen LogP contribution in [0.3, 0.4) is 0 Å². The van der Waals surface area contributed by atoms with Gasteiger partial charge in [-0.25, -0.2) is 0 Å². The van der Waals surface area contributed by atoms with Crippen LogP contribution in [0.1, 0.15) is 6.42 Å². The second-order valence-electron chi connectivity index (χ2n) is 2.76. The quantitative estimate of drug-likeness (QED) is 0.443. The van der Waals surface area contributed by atoms with Gasteiger partial charge in [0.15, 0.2) is 0 Å². The number of terminal acetylenes is 1. The molecule has 0 heterocycles. The van der Waals surface area contributed by atoms with Gasteiger partial charge in [0, 0.05) is 29.2 Å². The van der Waals surface area contributed by atoms with Crippen LogP contribution in [0.15, 0.2) is 29.2 Å². The van der Waals surface area contributed by atoms with E-state index in [1.165, 1.54) is 18.2 Å². The molecular formula is C10H9NO3S. The summed E-state index contributed by atoms with van der Waals surface area (Å²) >= 11 is 0. The molecule has 5 heteroatoms. The number of nitrogens with zero attached hydrogens (tertiary/aromatic N) is 1. The van der Waals surface area contributed by atoms with Crippen molar-refractivity contribution in [3.63, 3.8) is 0 Å². The molecule has 1 aromatic carbocycles. The van der Waals surface area contributed by atoms with E-state index in [4.69, 9.17) is 6.42 Å². The highest BCUT2D eigenvalue weighted by Crippen LogP contribution is 2.16. The van der Waals surface area contributed by atoms with Gasteiger partial charge in [0.25, 0.3) is 5.69 Å². The van der Waals surface area contributed by atoms with E-state index in [-0.39, 0.29) is 5.69 Å². The van der Waals surface area contributed by atoms with Gasteiger partial charge in [-0.15, -0.1) is 12.3 Å². The molecule has 0 aliphatic heterocycles. The molecule has 78 valence electrons. The van der Waals surface area contributed by atoms with Gasteiger partial charge in [-0.2, -0.15) is 0 Å². The minimum atomic E-state index is -1.26. The zero-order valence-corrected chi connectivity index (χ0v) is 8.70. The van der Waals surface area contributed by atoms with Crippen LogP contribution in [0.2, 0.25) is 0 Å². The Morgan fingerprint density at radius 3 is 2.87 bits per heavy atom. The van der Waals surface area contributed by atoms with E-state index in [9.17, 15) is 14.3 Å². The molecule has 0 saturated carbocycles. The summed E-state index contributed by atoms with van der Waals surface area (Å²) in [4.78, 5) is 10.4. The summed E-state index contributed by atoms with van der Waals surface area (Å²) in [6.45, 7) is 0. The third-order valence-corrected chi connectivity index (χ3v) is 3.08. The SMILES string of the molecule is C#CCCS(=O)c1cccc([N+](=O)[O-])c1. The fourth-order valence-electron chi connectivity index (χ4n) is 1.01. The summed E-state index contributed by atoms with van der Waals surface area (Å²) in [5.41, 5.74) is -0.0541. The molecule has 0 fully saturated rings. The molecule has 15 heavy (non-hydrogen) atoms. The summed E-state index contributed by atoms with van der Waals surface area (Å²) < 4.78 is 11.6. The monoisotopic (exact) mass is 223 g/mol. The largest absolute Gasteiger partial charge is 0.270 e. The fraction of sp³-hybridized carbons (Fsp3) is 0.200. The number of hydrogen-bond donors (Lipinski definition) is 0. The Hall–Kier alpha value is -1.67. The van der Waals surface area contributed by atoms with E-state index >= 15 is 0 Å². The number of rotatable bonds is 4. The van der Waals surface area contributed by atoms with E-state index in [1.807, 2.05) is 0 Å². The van der Waals surface area contributed by atoms with Crippen molar-refractivity contribution in [2.75, 3.05) is 5.75 Å². The van der Waals surface area contributed by atoms with E-state index in [0.29, 0.717) is 17.1 Å². The minimum absolute atomic E-state index is 0.0541. The standard InChI is InChI=1S/C10H9NO3S/c1-2-3-7-15(14)10-6-4-5-9(8-10)11(12)13/h1,4-6,8H,3,7H2. The maximum Gasteiger partial charge on any atom is 0.270 e. The molecule has 4 nitrogen and oxygen atoms in total. The zero-order chi connectivity index (χ0) is 11.3. The molecule has 0 aromatic heterocycles. The van der Waals surface area contributed by atoms with E-state index in [1.54, 1.807) is 6.07 Å². The first-order valence-corrected chi connectivity index (χ1v) is 5.53. The Morgan fingerprint density at radius 1 is 1.53 bits per heavy atom. The van der Waals surface area contributed by atoms with Crippen LogP contribution in [0.25, 0.3) is 0 Å². The number of nitro groups is 1. The van der Waals surface area contributed by atoms with Gasteiger partial charge in [0.05, 0.1) is 15.7 Å². The summed E-state index contributed by atoms with van der Waals surface area (Å²) in [5, 5.41) is 10.5. The van der Waals surface area contributed by atoms with Crippen LogP contribution in [0.4, 0.5) is 5.69 Å². The Balaban J connectivity index is 2.86. The lowest BCUT2D eigenvalue weighted by Crippen LogP contribution is -1.98. The average Bonchev–Trinajstić information content (AvgIpc) is 2.26. The first-order chi connectivity index (χ1) is 7.15. The fourth-order valence-corrected chi connectivity index (χ4v) is 2.03. The zero-order valence-electron chi connectivity index (χ0n) is 7.88. The highest BCUT2D eigenvalue weighted by molar-refractivity contribution is 7.85. The number of hydrogen-bond acceptors (Lipinski definition) is 3. The van der Waals surface area contributed by atoms with Crippen molar-refractivity contribution >= 4 is 16.5 Å². The lowest BCUT2D eigenvalue weighted by atomic mass is 10.3. The summed E-state index contributed by atoms with van der Waals surface area (Å²) in [6.07, 6.45) is 5.44. The van der Waals surface area contributed by atoms with Crippen LogP contribution in [-0.4, -0.2) is 14.9 Å². The molecular weight excluding hydrogens is 214 g/mol. The van der Waals surface area contributed by atoms with Crippen molar-refractivity contribution in [3.8, 4) is 12.3 Å². The molecule has 0 N–H and O–H groups in total. The van der Waals surface area contributed by atoms with Crippen molar-refractivity contribution < 1.29 is 9.13 Å². The van der Waals surface area contributed by atoms with E-state index < -0.39 is 15.7 Å². The molecule has 0 saturated heterocycles. The highest BCUT2D eigenvalue weighted by Gasteiger charge is 2.09. The molecule has 0 radical (unpaired) electrons. The molecule has 1 unspecified atom stereocenters. The van der Waals surface area contributed by atoms with Gasteiger partial charge in [0.1, 0.15) is 0 Å². The van der Waals surface area contributed by atoms with Crippen LogP contribution >= 0.6 is 0 Å². The Labute approximate surface area is 89.9 Å². The minimum Gasteiger partial charge on any atom is -0.258 e. The molecule has 0 aliphatic carbocycles. The molecule has 0 amide bonds. The van der Waals surface area contributed by atoms with Crippen LogP contribution in [-0.2, 0) is 10.8 Å². The molecule has 0 aliphatic rings. The van der Waals surface area contributed by atoms with Gasteiger partial charge in [-0.1, -0.05) is 6.07 Å². The maximum absolute atomic E-state index is 11.6. The van der Waals surface area contributed by atoms with Crippen LogP contribution in [0, 0.1) is 22.5 Å². The van der Waals surface area contributed by atoms with Crippen molar-refractivity contribution in [1.29, 1.82) is 0 Å². The molecule has 1 rings (SSSR count). The van der Waals surface area contributed by atoms with Gasteiger partial charge in [0.2, 0.25) is 0 Å². The first kappa shape index (κ1) is 11.4. The van der Waals surface area contributed by atoms with E-state index in [2.05, 4.69) is 5.92 Å². The van der Waals surface area contributed by atoms with Crippen molar-refractivity contribution in [2.24, 2.45) is 0 Å². The summed E-state index contributed by atoms with van der Waals surface area (Å²) in [6, 6.07) is 5.79. The predicted molar refractivity (Wildman–Crippen MR) is 57.8 cm³/mol. The predicted octanol–water partition coefficient (Wildman–Crippen LogP) is 1.73. The smallest absolute Gasteiger partial charge is 0.258 e. The van der Waals surface area contributed by atoms with Gasteiger partial charge in [-0.3, -0.25) is 14.3 Å². The van der Waals surface area contributed by atoms with Crippen molar-refractivity contribution in [1.82, 2.24) is 0 Å². The topological polar surface area (TPSA) is 60.2 Å². The van der Waals surface area contributed by atoms with Gasteiger partial charge < -0.3 is 0 Å². The third-order valence-electron chi connectivity index (χ3n) is 1.72. The second-order valence-corrected chi connectivity index (χ2v) is 4.33. The molecule has 0 spiro atoms. The number of benzene rings is 1. The van der Waals surface area contributed by atoms with Crippen LogP contribution in [0.5, 0.6) is 0 Å². The molecule has 1 atom stereocenters. The van der Waals surface area contributed by atoms with Gasteiger partial charge in [-0.05, 0) is 6.07 Å². The average molecular weight is 223 g/mol. The Morgan fingerprint density at radius 2 is 2.27 bits per heavy atom. The van der Waals surface area contributed by atoms with Crippen molar-refractivity contribution in [3.05, 3.63) is 34.4 Å². The Kier molecular flexibility index (Phi) is 4.01. The number of non-ortho nitro benzene ring substituents is 1. The maximum atomic E-state index is 11.6. The normalized spacial score (nSPS) is 11.7. The highest BCUT2D eigenvalue weighted by atomic mass is 32.2. The van der Waals surface area contributed by atoms with E-state index in [0.717, 1.165) is 0 Å². The van der Waals surface area contributed by atoms with Crippen molar-refractivity contribution in [2.45, 2.75) is 11.3 Å². The lowest BCUT2D eigenvalue weighted by molar-refractivity contribution is -0.385. The lowest BCUT2D eigenvalue weighted by Gasteiger charge is -1.99. The summed E-state index contributed by atoms with van der Waals surface area (Å²) in [7, 11) is -1.26. The summed E-state index contributed by atoms with van der Waals surface area (Å²) in [5.74, 6) is 2.71. The van der Waals surface area contributed by atoms with Gasteiger partial charge >= 0.3 is 0 Å². The second kappa shape index (κ2) is 5.27. The first-order valence-electron chi connectivity index (χ1n) is 4.21. The number of nitro benzene ring substituents is 1. The van der Waals surface area contributed by atoms with Crippen LogP contribution < -0.4 is 0 Å². The Bertz CT molecular complexity index is 437. The molecule has 0 bridgehead atoms.